The topological polar surface area (TPSA) is 107 Å². The van der Waals surface area contributed by atoms with Crippen LogP contribution in [-0.4, -0.2) is 15.4 Å². The molecule has 0 aliphatic heterocycles. The van der Waals surface area contributed by atoms with Crippen LogP contribution in [0.4, 0.5) is 5.69 Å². The standard InChI is InChI=1S/C18H16ClN3O5/c1-2-14(11-3-5-12(19)6-4-11)20-17(23)10-21-15-9-13(22(25)26)7-8-16(15)27-18(21)24/h3-9,14H,2,10H2,1H3,(H,20,23). The number of oxazole rings is 1. The van der Waals surface area contributed by atoms with Gasteiger partial charge in [0.15, 0.2) is 5.58 Å². The monoisotopic (exact) mass is 389 g/mol. The maximum absolute atomic E-state index is 12.5. The molecule has 1 aromatic heterocycles. The Hall–Kier alpha value is -3.13. The van der Waals surface area contributed by atoms with Crippen LogP contribution < -0.4 is 11.1 Å². The highest BCUT2D eigenvalue weighted by Gasteiger charge is 2.18. The molecule has 0 saturated carbocycles. The van der Waals surface area contributed by atoms with Crippen LogP contribution in [0, 0.1) is 10.1 Å². The summed E-state index contributed by atoms with van der Waals surface area (Å²) in [5.74, 6) is -1.16. The molecule has 0 bridgehead atoms. The van der Waals surface area contributed by atoms with Crippen molar-refractivity contribution in [1.29, 1.82) is 0 Å². The number of hydrogen-bond donors (Lipinski definition) is 1. The van der Waals surface area contributed by atoms with Gasteiger partial charge in [-0.05, 0) is 30.2 Å². The lowest BCUT2D eigenvalue weighted by atomic mass is 10.0. The minimum Gasteiger partial charge on any atom is -0.408 e. The number of carbonyl (C=O) groups is 1. The number of benzene rings is 2. The molecule has 140 valence electrons. The Balaban J connectivity index is 1.83. The number of hydrogen-bond acceptors (Lipinski definition) is 5. The number of aromatic nitrogens is 1. The summed E-state index contributed by atoms with van der Waals surface area (Å²) in [5, 5.41) is 14.4. The minimum absolute atomic E-state index is 0.183. The van der Waals surface area contributed by atoms with Crippen LogP contribution in [0.3, 0.4) is 0 Å². The molecule has 3 aromatic rings. The number of fused-ring (bicyclic) bond motifs is 1. The predicted octanol–water partition coefficient (Wildman–Crippen LogP) is 3.42. The van der Waals surface area contributed by atoms with E-state index in [9.17, 15) is 19.7 Å². The molecule has 0 saturated heterocycles. The van der Waals surface area contributed by atoms with Gasteiger partial charge in [0.1, 0.15) is 6.54 Å². The fraction of sp³-hybridized carbons (Fsp3) is 0.222. The molecular formula is C18H16ClN3O5. The first-order valence-electron chi connectivity index (χ1n) is 8.21. The summed E-state index contributed by atoms with van der Waals surface area (Å²) < 4.78 is 6.13. The highest BCUT2D eigenvalue weighted by Crippen LogP contribution is 2.21. The van der Waals surface area contributed by atoms with Crippen molar-refractivity contribution in [3.63, 3.8) is 0 Å². The van der Waals surface area contributed by atoms with Crippen LogP contribution in [-0.2, 0) is 11.3 Å². The number of nitrogens with zero attached hydrogens (tertiary/aromatic N) is 2. The third-order valence-corrected chi connectivity index (χ3v) is 4.43. The van der Waals surface area contributed by atoms with Crippen molar-refractivity contribution in [3.8, 4) is 0 Å². The maximum Gasteiger partial charge on any atom is 0.420 e. The average Bonchev–Trinajstić information content (AvgIpc) is 2.95. The van der Waals surface area contributed by atoms with Crippen molar-refractivity contribution in [1.82, 2.24) is 9.88 Å². The SMILES string of the molecule is CCC(NC(=O)Cn1c(=O)oc2ccc([N+](=O)[O-])cc21)c1ccc(Cl)cc1. The van der Waals surface area contributed by atoms with Crippen molar-refractivity contribution in [2.45, 2.75) is 25.9 Å². The molecule has 27 heavy (non-hydrogen) atoms. The molecule has 0 aliphatic carbocycles. The zero-order valence-corrected chi connectivity index (χ0v) is 15.1. The molecule has 1 unspecified atom stereocenters. The lowest BCUT2D eigenvalue weighted by Gasteiger charge is -2.17. The second-order valence-electron chi connectivity index (χ2n) is 5.94. The Morgan fingerprint density at radius 3 is 2.63 bits per heavy atom. The Labute approximate surface area is 158 Å². The summed E-state index contributed by atoms with van der Waals surface area (Å²) in [5.41, 5.74) is 1.08. The van der Waals surface area contributed by atoms with E-state index in [0.29, 0.717) is 11.4 Å². The number of rotatable bonds is 6. The molecule has 2 aromatic carbocycles. The van der Waals surface area contributed by atoms with E-state index < -0.39 is 16.6 Å². The zero-order chi connectivity index (χ0) is 19.6. The largest absolute Gasteiger partial charge is 0.420 e. The lowest BCUT2D eigenvalue weighted by molar-refractivity contribution is -0.384. The summed E-state index contributed by atoms with van der Waals surface area (Å²) in [6, 6.07) is 10.6. The van der Waals surface area contributed by atoms with Crippen molar-refractivity contribution >= 4 is 34.3 Å². The van der Waals surface area contributed by atoms with Crippen LogP contribution in [0.15, 0.2) is 51.7 Å². The fourth-order valence-corrected chi connectivity index (χ4v) is 2.94. The number of carbonyl (C=O) groups excluding carboxylic acids is 1. The van der Waals surface area contributed by atoms with Gasteiger partial charge in [-0.25, -0.2) is 4.79 Å². The molecule has 0 spiro atoms. The summed E-state index contributed by atoms with van der Waals surface area (Å²) in [4.78, 5) is 34.9. The molecule has 1 heterocycles. The van der Waals surface area contributed by atoms with Gasteiger partial charge in [0.05, 0.1) is 16.5 Å². The van der Waals surface area contributed by atoms with Crippen LogP contribution in [0.2, 0.25) is 5.02 Å². The molecule has 9 heteroatoms. The smallest absolute Gasteiger partial charge is 0.408 e. The number of halogens is 1. The third kappa shape index (κ3) is 4.01. The van der Waals surface area contributed by atoms with E-state index in [2.05, 4.69) is 5.32 Å². The van der Waals surface area contributed by atoms with Gasteiger partial charge in [0.2, 0.25) is 5.91 Å². The molecule has 0 aliphatic rings. The van der Waals surface area contributed by atoms with E-state index in [4.69, 9.17) is 16.0 Å². The number of non-ortho nitro benzene ring substituents is 1. The quantitative estimate of drug-likeness (QED) is 0.513. The molecule has 0 fully saturated rings. The molecule has 1 N–H and O–H groups in total. The van der Waals surface area contributed by atoms with Crippen LogP contribution in [0.1, 0.15) is 24.9 Å². The van der Waals surface area contributed by atoms with Gasteiger partial charge in [0, 0.05) is 17.2 Å². The lowest BCUT2D eigenvalue weighted by Crippen LogP contribution is -2.33. The molecule has 1 atom stereocenters. The highest BCUT2D eigenvalue weighted by atomic mass is 35.5. The van der Waals surface area contributed by atoms with Crippen molar-refractivity contribution in [3.05, 3.63) is 73.7 Å². The van der Waals surface area contributed by atoms with Crippen LogP contribution >= 0.6 is 11.6 Å². The predicted molar refractivity (Wildman–Crippen MR) is 99.8 cm³/mol. The second-order valence-corrected chi connectivity index (χ2v) is 6.38. The van der Waals surface area contributed by atoms with Gasteiger partial charge in [-0.3, -0.25) is 19.5 Å². The van der Waals surface area contributed by atoms with Crippen molar-refractivity contribution < 1.29 is 14.1 Å². The Bertz CT molecular complexity index is 1060. The normalized spacial score (nSPS) is 12.1. The first-order valence-corrected chi connectivity index (χ1v) is 8.59. The highest BCUT2D eigenvalue weighted by molar-refractivity contribution is 6.30. The van der Waals surface area contributed by atoms with Gasteiger partial charge in [-0.1, -0.05) is 30.7 Å². The van der Waals surface area contributed by atoms with Crippen LogP contribution in [0.25, 0.3) is 11.1 Å². The van der Waals surface area contributed by atoms with Gasteiger partial charge in [-0.15, -0.1) is 0 Å². The fourth-order valence-electron chi connectivity index (χ4n) is 2.81. The molecule has 0 radical (unpaired) electrons. The van der Waals surface area contributed by atoms with E-state index in [1.165, 1.54) is 18.2 Å². The van der Waals surface area contributed by atoms with Crippen molar-refractivity contribution in [2.75, 3.05) is 0 Å². The second kappa shape index (κ2) is 7.63. The summed E-state index contributed by atoms with van der Waals surface area (Å²) in [6.45, 7) is 1.61. The van der Waals surface area contributed by atoms with E-state index >= 15 is 0 Å². The number of nitrogens with one attached hydrogen (secondary N) is 1. The zero-order valence-electron chi connectivity index (χ0n) is 14.3. The van der Waals surface area contributed by atoms with Gasteiger partial charge < -0.3 is 9.73 Å². The summed E-state index contributed by atoms with van der Waals surface area (Å²) >= 11 is 5.88. The minimum atomic E-state index is -0.750. The molecule has 8 nitrogen and oxygen atoms in total. The number of nitro groups is 1. The average molecular weight is 390 g/mol. The van der Waals surface area contributed by atoms with E-state index in [0.717, 1.165) is 10.1 Å². The number of nitro benzene ring substituents is 1. The first kappa shape index (κ1) is 18.7. The van der Waals surface area contributed by atoms with Gasteiger partial charge in [-0.2, -0.15) is 0 Å². The van der Waals surface area contributed by atoms with Gasteiger partial charge in [0.25, 0.3) is 5.69 Å². The Morgan fingerprint density at radius 1 is 1.30 bits per heavy atom. The third-order valence-electron chi connectivity index (χ3n) is 4.18. The first-order chi connectivity index (χ1) is 12.9. The van der Waals surface area contributed by atoms with Gasteiger partial charge >= 0.3 is 5.76 Å². The molecular weight excluding hydrogens is 374 g/mol. The maximum atomic E-state index is 12.5. The molecule has 1 amide bonds. The van der Waals surface area contributed by atoms with Crippen LogP contribution in [0.5, 0.6) is 0 Å². The van der Waals surface area contributed by atoms with E-state index in [1.807, 2.05) is 19.1 Å². The number of amides is 1. The molecule has 3 rings (SSSR count). The Morgan fingerprint density at radius 2 is 2.00 bits per heavy atom. The Kier molecular flexibility index (Phi) is 5.27. The van der Waals surface area contributed by atoms with E-state index in [-0.39, 0.29) is 29.4 Å². The van der Waals surface area contributed by atoms with E-state index in [1.54, 1.807) is 12.1 Å². The summed E-state index contributed by atoms with van der Waals surface area (Å²) in [7, 11) is 0. The summed E-state index contributed by atoms with van der Waals surface area (Å²) in [6.07, 6.45) is 0.639. The van der Waals surface area contributed by atoms with Crippen molar-refractivity contribution in [2.24, 2.45) is 0 Å².